The topological polar surface area (TPSA) is 49.8 Å². The Morgan fingerprint density at radius 2 is 2.20 bits per heavy atom. The normalized spacial score (nSPS) is 20.4. The fourth-order valence-corrected chi connectivity index (χ4v) is 2.76. The van der Waals surface area contributed by atoms with E-state index >= 15 is 0 Å². The highest BCUT2D eigenvalue weighted by molar-refractivity contribution is 5.79. The lowest BCUT2D eigenvalue weighted by molar-refractivity contribution is -0.141. The van der Waals surface area contributed by atoms with Gasteiger partial charge >= 0.3 is 0 Å². The summed E-state index contributed by atoms with van der Waals surface area (Å²) in [5.74, 6) is 0.0747. The minimum Gasteiger partial charge on any atom is -0.396 e. The van der Waals surface area contributed by atoms with Crippen LogP contribution in [0, 0.1) is 5.92 Å². The minimum atomic E-state index is -0.0735. The Bertz CT molecular complexity index is 415. The van der Waals surface area contributed by atoms with Gasteiger partial charge in [0.2, 0.25) is 5.91 Å². The van der Waals surface area contributed by atoms with E-state index in [4.69, 9.17) is 4.74 Å². The van der Waals surface area contributed by atoms with Crippen molar-refractivity contribution in [3.8, 4) is 0 Å². The molecule has 1 aromatic rings. The quantitative estimate of drug-likeness (QED) is 0.895. The lowest BCUT2D eigenvalue weighted by atomic mass is 9.97. The van der Waals surface area contributed by atoms with Crippen molar-refractivity contribution in [3.63, 3.8) is 0 Å². The number of carbonyl (C=O) groups is 1. The summed E-state index contributed by atoms with van der Waals surface area (Å²) in [5, 5.41) is 9.28. The Labute approximate surface area is 120 Å². The van der Waals surface area contributed by atoms with Crippen molar-refractivity contribution >= 4 is 5.91 Å². The second kappa shape index (κ2) is 7.41. The average molecular weight is 277 g/mol. The average Bonchev–Trinajstić information content (AvgIpc) is 2.53. The maximum Gasteiger partial charge on any atom is 0.228 e. The van der Waals surface area contributed by atoms with Crippen molar-refractivity contribution in [3.05, 3.63) is 35.9 Å². The summed E-state index contributed by atoms with van der Waals surface area (Å²) in [6.45, 7) is 1.34. The third-order valence-corrected chi connectivity index (χ3v) is 3.91. The zero-order valence-corrected chi connectivity index (χ0v) is 12.0. The van der Waals surface area contributed by atoms with E-state index in [1.54, 1.807) is 4.90 Å². The number of ether oxygens (including phenoxy) is 1. The third kappa shape index (κ3) is 3.58. The molecule has 1 heterocycles. The molecule has 0 spiro atoms. The SMILES string of the molecule is CN(C(=O)C1CCCOC1)C(CCO)c1ccccc1. The summed E-state index contributed by atoms with van der Waals surface area (Å²) in [5.41, 5.74) is 1.06. The first kappa shape index (κ1) is 15.0. The molecule has 4 nitrogen and oxygen atoms in total. The lowest BCUT2D eigenvalue weighted by Crippen LogP contribution is -2.39. The molecule has 20 heavy (non-hydrogen) atoms. The van der Waals surface area contributed by atoms with Gasteiger partial charge in [0, 0.05) is 20.3 Å². The smallest absolute Gasteiger partial charge is 0.228 e. The van der Waals surface area contributed by atoms with Crippen molar-refractivity contribution in [2.75, 3.05) is 26.9 Å². The van der Waals surface area contributed by atoms with Gasteiger partial charge in [-0.15, -0.1) is 0 Å². The largest absolute Gasteiger partial charge is 0.396 e. The molecule has 0 radical (unpaired) electrons. The molecule has 2 atom stereocenters. The maximum absolute atomic E-state index is 12.6. The molecule has 1 aliphatic rings. The van der Waals surface area contributed by atoms with Crippen LogP contribution in [0.3, 0.4) is 0 Å². The first-order valence-electron chi connectivity index (χ1n) is 7.24. The van der Waals surface area contributed by atoms with Crippen molar-refractivity contribution in [2.45, 2.75) is 25.3 Å². The van der Waals surface area contributed by atoms with Crippen LogP contribution in [0.2, 0.25) is 0 Å². The van der Waals surface area contributed by atoms with Gasteiger partial charge in [-0.25, -0.2) is 0 Å². The van der Waals surface area contributed by atoms with Crippen LogP contribution in [0.5, 0.6) is 0 Å². The van der Waals surface area contributed by atoms with Crippen LogP contribution < -0.4 is 0 Å². The summed E-state index contributed by atoms with van der Waals surface area (Å²) < 4.78 is 5.40. The van der Waals surface area contributed by atoms with E-state index in [1.165, 1.54) is 0 Å². The highest BCUT2D eigenvalue weighted by Crippen LogP contribution is 2.26. The summed E-state index contributed by atoms with van der Waals surface area (Å²) >= 11 is 0. The minimum absolute atomic E-state index is 0.0429. The molecule has 1 fully saturated rings. The van der Waals surface area contributed by atoms with Gasteiger partial charge in [0.1, 0.15) is 0 Å². The van der Waals surface area contributed by atoms with Gasteiger partial charge in [0.15, 0.2) is 0 Å². The highest BCUT2D eigenvalue weighted by Gasteiger charge is 2.29. The Morgan fingerprint density at radius 1 is 1.45 bits per heavy atom. The van der Waals surface area contributed by atoms with Gasteiger partial charge in [-0.2, -0.15) is 0 Å². The van der Waals surface area contributed by atoms with Crippen molar-refractivity contribution in [1.29, 1.82) is 0 Å². The van der Waals surface area contributed by atoms with Gasteiger partial charge < -0.3 is 14.7 Å². The number of rotatable bonds is 5. The summed E-state index contributed by atoms with van der Waals surface area (Å²) in [4.78, 5) is 14.3. The Morgan fingerprint density at radius 3 is 2.80 bits per heavy atom. The van der Waals surface area contributed by atoms with Crippen molar-refractivity contribution < 1.29 is 14.6 Å². The second-order valence-electron chi connectivity index (χ2n) is 5.30. The van der Waals surface area contributed by atoms with E-state index in [9.17, 15) is 9.90 Å². The van der Waals surface area contributed by atoms with Crippen LogP contribution in [0.25, 0.3) is 0 Å². The predicted octanol–water partition coefficient (Wildman–Crippen LogP) is 2.00. The predicted molar refractivity (Wildman–Crippen MR) is 77.2 cm³/mol. The molecule has 1 aromatic carbocycles. The monoisotopic (exact) mass is 277 g/mol. The molecule has 1 aliphatic heterocycles. The number of aliphatic hydroxyl groups excluding tert-OH is 1. The molecule has 4 heteroatoms. The maximum atomic E-state index is 12.6. The number of aliphatic hydroxyl groups is 1. The standard InChI is InChI=1S/C16H23NO3/c1-17(16(19)14-8-5-11-20-12-14)15(9-10-18)13-6-3-2-4-7-13/h2-4,6-7,14-15,18H,5,8-12H2,1H3. The number of carbonyl (C=O) groups excluding carboxylic acids is 1. The third-order valence-electron chi connectivity index (χ3n) is 3.91. The first-order valence-corrected chi connectivity index (χ1v) is 7.24. The van der Waals surface area contributed by atoms with Crippen molar-refractivity contribution in [1.82, 2.24) is 4.90 Å². The summed E-state index contributed by atoms with van der Waals surface area (Å²) in [6.07, 6.45) is 2.39. The molecular weight excluding hydrogens is 254 g/mol. The Balaban J connectivity index is 2.10. The molecule has 0 aliphatic carbocycles. The number of nitrogens with zero attached hydrogens (tertiary/aromatic N) is 1. The number of benzene rings is 1. The lowest BCUT2D eigenvalue weighted by Gasteiger charge is -2.32. The molecule has 1 N–H and O–H groups in total. The van der Waals surface area contributed by atoms with E-state index in [1.807, 2.05) is 37.4 Å². The highest BCUT2D eigenvalue weighted by atomic mass is 16.5. The van der Waals surface area contributed by atoms with E-state index in [0.29, 0.717) is 13.0 Å². The molecular formula is C16H23NO3. The van der Waals surface area contributed by atoms with Gasteiger partial charge in [-0.3, -0.25) is 4.79 Å². The van der Waals surface area contributed by atoms with E-state index in [-0.39, 0.29) is 24.5 Å². The van der Waals surface area contributed by atoms with E-state index < -0.39 is 0 Å². The fourth-order valence-electron chi connectivity index (χ4n) is 2.76. The van der Waals surface area contributed by atoms with E-state index in [2.05, 4.69) is 0 Å². The van der Waals surface area contributed by atoms with Gasteiger partial charge in [-0.05, 0) is 24.8 Å². The second-order valence-corrected chi connectivity index (χ2v) is 5.30. The molecule has 2 rings (SSSR count). The van der Waals surface area contributed by atoms with E-state index in [0.717, 1.165) is 25.0 Å². The molecule has 2 unspecified atom stereocenters. The molecule has 0 bridgehead atoms. The summed E-state index contributed by atoms with van der Waals surface area (Å²) in [6, 6.07) is 9.80. The van der Waals surface area contributed by atoms with Crippen LogP contribution in [0.1, 0.15) is 30.9 Å². The molecule has 1 saturated heterocycles. The number of hydrogen-bond donors (Lipinski definition) is 1. The first-order chi connectivity index (χ1) is 9.74. The van der Waals surface area contributed by atoms with Gasteiger partial charge in [-0.1, -0.05) is 30.3 Å². The number of amides is 1. The number of hydrogen-bond acceptors (Lipinski definition) is 3. The molecule has 110 valence electrons. The van der Waals surface area contributed by atoms with Crippen LogP contribution in [-0.2, 0) is 9.53 Å². The fraction of sp³-hybridized carbons (Fsp3) is 0.562. The van der Waals surface area contributed by atoms with Crippen LogP contribution >= 0.6 is 0 Å². The molecule has 0 aromatic heterocycles. The van der Waals surface area contributed by atoms with Crippen LogP contribution in [0.4, 0.5) is 0 Å². The summed E-state index contributed by atoms with van der Waals surface area (Å²) in [7, 11) is 1.82. The van der Waals surface area contributed by atoms with Crippen LogP contribution in [0.15, 0.2) is 30.3 Å². The Hall–Kier alpha value is -1.39. The molecule has 1 amide bonds. The van der Waals surface area contributed by atoms with Crippen molar-refractivity contribution in [2.24, 2.45) is 5.92 Å². The molecule has 0 saturated carbocycles. The van der Waals surface area contributed by atoms with Gasteiger partial charge in [0.05, 0.1) is 18.6 Å². The zero-order chi connectivity index (χ0) is 14.4. The van der Waals surface area contributed by atoms with Gasteiger partial charge in [0.25, 0.3) is 0 Å². The Kier molecular flexibility index (Phi) is 5.56. The van der Waals surface area contributed by atoms with Crippen LogP contribution in [-0.4, -0.2) is 42.8 Å². The zero-order valence-electron chi connectivity index (χ0n) is 12.0.